The number of nitrogens with two attached hydrogens (primary N) is 1. The molecule has 9 heteroatoms. The Morgan fingerprint density at radius 1 is 1.23 bits per heavy atom. The molecule has 31 heavy (non-hydrogen) atoms. The number of nitrogens with zero attached hydrogens (tertiary/aromatic N) is 1. The average Bonchev–Trinajstić information content (AvgIpc) is 2.73. The molecular formula is C22H26N2O7. The van der Waals surface area contributed by atoms with Crippen LogP contribution in [0.2, 0.25) is 0 Å². The zero-order valence-electron chi connectivity index (χ0n) is 18.0. The Hall–Kier alpha value is -3.67. The molecule has 0 spiro atoms. The van der Waals surface area contributed by atoms with Crippen molar-refractivity contribution in [3.63, 3.8) is 0 Å². The molecule has 1 aliphatic heterocycles. The first-order valence-electron chi connectivity index (χ1n) is 9.80. The van der Waals surface area contributed by atoms with E-state index in [1.54, 1.807) is 39.0 Å². The maximum absolute atomic E-state index is 12.7. The quantitative estimate of drug-likeness (QED) is 0.588. The summed E-state index contributed by atoms with van der Waals surface area (Å²) in [6, 6.07) is 7.08. The fourth-order valence-corrected chi connectivity index (χ4v) is 3.21. The van der Waals surface area contributed by atoms with Crippen molar-refractivity contribution in [1.29, 1.82) is 5.26 Å². The molecule has 166 valence electrons. The van der Waals surface area contributed by atoms with E-state index in [4.69, 9.17) is 29.4 Å². The Kier molecular flexibility index (Phi) is 8.32. The van der Waals surface area contributed by atoms with Gasteiger partial charge in [0.15, 0.2) is 11.5 Å². The molecule has 0 aliphatic carbocycles. The van der Waals surface area contributed by atoms with E-state index in [2.05, 4.69) is 0 Å². The number of hydrogen-bond acceptors (Lipinski definition) is 9. The fraction of sp³-hybridized carbons (Fsp3) is 0.409. The lowest BCUT2D eigenvalue weighted by Crippen LogP contribution is -2.26. The summed E-state index contributed by atoms with van der Waals surface area (Å²) < 4.78 is 26.8. The monoisotopic (exact) mass is 430 g/mol. The molecule has 0 saturated heterocycles. The maximum atomic E-state index is 12.7. The second-order valence-corrected chi connectivity index (χ2v) is 6.40. The smallest absolute Gasteiger partial charge is 0.338 e. The number of para-hydroxylation sites is 1. The molecule has 0 aromatic heterocycles. The Morgan fingerprint density at radius 3 is 2.55 bits per heavy atom. The van der Waals surface area contributed by atoms with Gasteiger partial charge in [-0.3, -0.25) is 4.79 Å². The minimum atomic E-state index is -0.898. The molecule has 9 nitrogen and oxygen atoms in total. The summed E-state index contributed by atoms with van der Waals surface area (Å²) in [5.41, 5.74) is 6.58. The summed E-state index contributed by atoms with van der Waals surface area (Å²) in [5.74, 6) is -1.19. The Labute approximate surface area is 181 Å². The summed E-state index contributed by atoms with van der Waals surface area (Å²) in [6.07, 6.45) is 0.0157. The Balaban J connectivity index is 2.56. The lowest BCUT2D eigenvalue weighted by atomic mass is 9.82. The average molecular weight is 430 g/mol. The van der Waals surface area contributed by atoms with Gasteiger partial charge in [0.1, 0.15) is 17.4 Å². The number of rotatable bonds is 9. The van der Waals surface area contributed by atoms with Crippen LogP contribution in [0.3, 0.4) is 0 Å². The van der Waals surface area contributed by atoms with Crippen molar-refractivity contribution in [2.45, 2.75) is 33.1 Å². The Morgan fingerprint density at radius 2 is 1.94 bits per heavy atom. The van der Waals surface area contributed by atoms with Crippen LogP contribution in [0.25, 0.3) is 0 Å². The van der Waals surface area contributed by atoms with E-state index in [9.17, 15) is 14.9 Å². The normalized spacial score (nSPS) is 15.6. The number of carbonyl (C=O) groups is 2. The van der Waals surface area contributed by atoms with Crippen molar-refractivity contribution in [2.24, 2.45) is 5.73 Å². The third kappa shape index (κ3) is 5.28. The van der Waals surface area contributed by atoms with Crippen LogP contribution in [0.1, 0.15) is 38.7 Å². The van der Waals surface area contributed by atoms with Gasteiger partial charge in [-0.1, -0.05) is 12.1 Å². The minimum Gasteiger partial charge on any atom is -0.493 e. The number of benzene rings is 1. The first-order valence-corrected chi connectivity index (χ1v) is 9.80. The van der Waals surface area contributed by atoms with Crippen molar-refractivity contribution in [1.82, 2.24) is 0 Å². The Bertz CT molecular complexity index is 944. The zero-order valence-corrected chi connectivity index (χ0v) is 18.0. The van der Waals surface area contributed by atoms with Gasteiger partial charge in [0.2, 0.25) is 5.88 Å². The van der Waals surface area contributed by atoms with Crippen molar-refractivity contribution in [3.8, 4) is 17.6 Å². The van der Waals surface area contributed by atoms with Crippen LogP contribution in [-0.4, -0.2) is 38.9 Å². The van der Waals surface area contributed by atoms with Gasteiger partial charge >= 0.3 is 11.9 Å². The van der Waals surface area contributed by atoms with Gasteiger partial charge in [0.05, 0.1) is 44.8 Å². The molecule has 1 atom stereocenters. The molecule has 0 amide bonds. The first-order chi connectivity index (χ1) is 14.9. The second-order valence-electron chi connectivity index (χ2n) is 6.40. The highest BCUT2D eigenvalue weighted by Crippen LogP contribution is 2.45. The molecule has 0 fully saturated rings. The molecule has 0 saturated carbocycles. The third-order valence-electron chi connectivity index (χ3n) is 4.50. The van der Waals surface area contributed by atoms with Crippen molar-refractivity contribution < 1.29 is 33.3 Å². The predicted molar refractivity (Wildman–Crippen MR) is 110 cm³/mol. The number of carbonyl (C=O) groups excluding carboxylic acids is 2. The van der Waals surface area contributed by atoms with Gasteiger partial charge < -0.3 is 29.4 Å². The molecular weight excluding hydrogens is 404 g/mol. The lowest BCUT2D eigenvalue weighted by Gasteiger charge is -2.28. The van der Waals surface area contributed by atoms with Gasteiger partial charge in [-0.2, -0.15) is 5.26 Å². The summed E-state index contributed by atoms with van der Waals surface area (Å²) in [5, 5.41) is 9.76. The molecule has 1 unspecified atom stereocenters. The number of nitriles is 1. The summed E-state index contributed by atoms with van der Waals surface area (Å²) >= 11 is 0. The highest BCUT2D eigenvalue weighted by Gasteiger charge is 2.38. The van der Waals surface area contributed by atoms with Crippen LogP contribution in [0.4, 0.5) is 0 Å². The van der Waals surface area contributed by atoms with Crippen LogP contribution in [0, 0.1) is 11.3 Å². The predicted octanol–water partition coefficient (Wildman–Crippen LogP) is 2.67. The number of allylic oxidation sites excluding steroid dienone is 2. The van der Waals surface area contributed by atoms with E-state index >= 15 is 0 Å². The number of hydrogen-bond donors (Lipinski definition) is 1. The van der Waals surface area contributed by atoms with E-state index < -0.39 is 17.9 Å². The summed E-state index contributed by atoms with van der Waals surface area (Å²) in [4.78, 5) is 24.4. The van der Waals surface area contributed by atoms with Crippen LogP contribution in [0.15, 0.2) is 41.0 Å². The number of ether oxygens (including phenoxy) is 5. The van der Waals surface area contributed by atoms with Crippen molar-refractivity contribution in [3.05, 3.63) is 46.6 Å². The molecule has 2 rings (SSSR count). The largest absolute Gasteiger partial charge is 0.493 e. The SMILES string of the molecule is CCOC(=O)CCOc1c(OC)cccc1C1C(C#N)=C(N)OC(C)=C1C(=O)OCC. The minimum absolute atomic E-state index is 0.00788. The van der Waals surface area contributed by atoms with Gasteiger partial charge in [0.25, 0.3) is 0 Å². The molecule has 1 aromatic rings. The van der Waals surface area contributed by atoms with Crippen LogP contribution in [-0.2, 0) is 23.8 Å². The van der Waals surface area contributed by atoms with Gasteiger partial charge in [0, 0.05) is 5.56 Å². The molecule has 1 aromatic carbocycles. The first kappa shape index (κ1) is 23.6. The molecule has 1 aliphatic rings. The van der Waals surface area contributed by atoms with Crippen molar-refractivity contribution >= 4 is 11.9 Å². The maximum Gasteiger partial charge on any atom is 0.338 e. The third-order valence-corrected chi connectivity index (χ3v) is 4.50. The van der Waals surface area contributed by atoms with Crippen LogP contribution < -0.4 is 15.2 Å². The van der Waals surface area contributed by atoms with E-state index in [1.165, 1.54) is 7.11 Å². The summed E-state index contributed by atoms with van der Waals surface area (Å²) in [6.45, 7) is 5.38. The number of methoxy groups -OCH3 is 1. The van der Waals surface area contributed by atoms with Gasteiger partial charge in [-0.15, -0.1) is 0 Å². The highest BCUT2D eigenvalue weighted by molar-refractivity contribution is 5.93. The topological polar surface area (TPSA) is 130 Å². The zero-order chi connectivity index (χ0) is 23.0. The van der Waals surface area contributed by atoms with Crippen LogP contribution >= 0.6 is 0 Å². The van der Waals surface area contributed by atoms with E-state index in [-0.39, 0.29) is 54.8 Å². The molecule has 1 heterocycles. The standard InChI is InChI=1S/C22H26N2O7/c1-5-28-17(25)10-11-30-20-14(8-7-9-16(20)27-4)19-15(12-23)21(24)31-13(3)18(19)22(26)29-6-2/h7-9,19H,5-6,10-11,24H2,1-4H3. The van der Waals surface area contributed by atoms with Crippen LogP contribution in [0.5, 0.6) is 11.5 Å². The van der Waals surface area contributed by atoms with Crippen molar-refractivity contribution in [2.75, 3.05) is 26.9 Å². The van der Waals surface area contributed by atoms with E-state index in [1.807, 2.05) is 6.07 Å². The highest BCUT2D eigenvalue weighted by atomic mass is 16.5. The number of esters is 2. The second kappa shape index (κ2) is 10.9. The van der Waals surface area contributed by atoms with E-state index in [0.29, 0.717) is 11.3 Å². The molecule has 2 N–H and O–H groups in total. The summed E-state index contributed by atoms with van der Waals surface area (Å²) in [7, 11) is 1.46. The van der Waals surface area contributed by atoms with Gasteiger partial charge in [-0.25, -0.2) is 4.79 Å². The lowest BCUT2D eigenvalue weighted by molar-refractivity contribution is -0.143. The van der Waals surface area contributed by atoms with Gasteiger partial charge in [-0.05, 0) is 26.8 Å². The van der Waals surface area contributed by atoms with E-state index in [0.717, 1.165) is 0 Å². The molecule has 0 bridgehead atoms. The molecule has 0 radical (unpaired) electrons. The fourth-order valence-electron chi connectivity index (χ4n) is 3.21.